The number of phenols is 1. The van der Waals surface area contributed by atoms with Crippen LogP contribution in [0.1, 0.15) is 71.3 Å². The van der Waals surface area contributed by atoms with Crippen LogP contribution in [-0.4, -0.2) is 143 Å². The topological polar surface area (TPSA) is 156 Å². The lowest BCUT2D eigenvalue weighted by atomic mass is 9.85. The molecule has 2 aromatic carbocycles. The van der Waals surface area contributed by atoms with Crippen LogP contribution in [0.5, 0.6) is 11.8 Å². The van der Waals surface area contributed by atoms with Gasteiger partial charge < -0.3 is 44.9 Å². The number of amides is 2. The lowest BCUT2D eigenvalue weighted by Crippen LogP contribution is -2.56. The van der Waals surface area contributed by atoms with Crippen molar-refractivity contribution in [2.45, 2.75) is 89.9 Å². The van der Waals surface area contributed by atoms with E-state index < -0.39 is 29.1 Å². The Balaban J connectivity index is 0.883. The van der Waals surface area contributed by atoms with E-state index in [0.717, 1.165) is 64.8 Å². The van der Waals surface area contributed by atoms with E-state index in [1.807, 2.05) is 20.8 Å². The first kappa shape index (κ1) is 44.1. The van der Waals surface area contributed by atoms with E-state index in [-0.39, 0.29) is 63.4 Å². The molecule has 2 amide bonds. The lowest BCUT2D eigenvalue weighted by Gasteiger charge is -2.35. The SMILES string of the molecule is C#Cc1c(F)ccc2cc(O)cc(-c3ncc4c(N5CC6CCC(C5)N6)nc(OCCCN5CCN(CCCC(=O)NC(C(=O)N6CCC[C@H]6C=O)C(C)(C)C)CC5)nc4c3F)c12. The highest BCUT2D eigenvalue weighted by Gasteiger charge is 2.40. The van der Waals surface area contributed by atoms with Gasteiger partial charge in [0.2, 0.25) is 11.8 Å². The van der Waals surface area contributed by atoms with E-state index in [4.69, 9.17) is 16.1 Å². The van der Waals surface area contributed by atoms with Gasteiger partial charge in [0.25, 0.3) is 0 Å². The van der Waals surface area contributed by atoms with Gasteiger partial charge in [-0.05, 0) is 74.1 Å². The molecule has 0 saturated carbocycles. The number of phenolic OH excluding ortho intramolecular Hbond substituents is 1. The molecule has 4 atom stereocenters. The van der Waals surface area contributed by atoms with Gasteiger partial charge in [0.15, 0.2) is 5.82 Å². The molecule has 6 heterocycles. The number of likely N-dealkylation sites (tertiary alicyclic amines) is 1. The Morgan fingerprint density at radius 1 is 1.03 bits per heavy atom. The van der Waals surface area contributed by atoms with Crippen LogP contribution in [0.3, 0.4) is 0 Å². The van der Waals surface area contributed by atoms with Gasteiger partial charge in [-0.25, -0.2) is 8.78 Å². The van der Waals surface area contributed by atoms with Crippen LogP contribution in [0.2, 0.25) is 0 Å². The summed E-state index contributed by atoms with van der Waals surface area (Å²) >= 11 is 0. The quantitative estimate of drug-likeness (QED) is 0.0920. The molecule has 3 N–H and O–H groups in total. The van der Waals surface area contributed by atoms with Crippen LogP contribution >= 0.6 is 0 Å². The number of nitrogens with one attached hydrogen (secondary N) is 2. The van der Waals surface area contributed by atoms with E-state index in [1.165, 1.54) is 30.5 Å². The number of hydrogen-bond acceptors (Lipinski definition) is 12. The summed E-state index contributed by atoms with van der Waals surface area (Å²) in [6, 6.07) is 4.99. The van der Waals surface area contributed by atoms with Crippen LogP contribution in [0.25, 0.3) is 32.9 Å². The fourth-order valence-electron chi connectivity index (χ4n) is 9.64. The van der Waals surface area contributed by atoms with Gasteiger partial charge in [-0.1, -0.05) is 32.8 Å². The summed E-state index contributed by atoms with van der Waals surface area (Å²) in [6.45, 7) is 13.0. The molecule has 0 radical (unpaired) electrons. The predicted molar refractivity (Wildman–Crippen MR) is 236 cm³/mol. The first-order valence-electron chi connectivity index (χ1n) is 22.2. The average molecular weight is 866 g/mol. The number of carbonyl (C=O) groups is 3. The smallest absolute Gasteiger partial charge is 0.319 e. The summed E-state index contributed by atoms with van der Waals surface area (Å²) in [6.07, 6.45) is 13.3. The zero-order valence-corrected chi connectivity index (χ0v) is 36.3. The molecular formula is C47H57F2N9O5. The highest BCUT2D eigenvalue weighted by molar-refractivity contribution is 6.03. The van der Waals surface area contributed by atoms with Crippen LogP contribution in [0.15, 0.2) is 30.5 Å². The van der Waals surface area contributed by atoms with Gasteiger partial charge in [0, 0.05) is 88.0 Å². The largest absolute Gasteiger partial charge is 0.508 e. The number of ether oxygens (including phenoxy) is 1. The average Bonchev–Trinajstić information content (AvgIpc) is 3.89. The lowest BCUT2D eigenvalue weighted by molar-refractivity contribution is -0.141. The molecule has 4 aliphatic rings. The van der Waals surface area contributed by atoms with E-state index in [9.17, 15) is 23.9 Å². The van der Waals surface area contributed by atoms with E-state index in [1.54, 1.807) is 4.90 Å². The fourth-order valence-corrected chi connectivity index (χ4v) is 9.64. The van der Waals surface area contributed by atoms with Crippen molar-refractivity contribution in [3.05, 3.63) is 47.7 Å². The second kappa shape index (κ2) is 18.7. The van der Waals surface area contributed by atoms with E-state index in [0.29, 0.717) is 68.5 Å². The molecule has 16 heteroatoms. The monoisotopic (exact) mass is 865 g/mol. The molecule has 2 aromatic heterocycles. The van der Waals surface area contributed by atoms with Crippen LogP contribution in [0.4, 0.5) is 14.6 Å². The third-order valence-electron chi connectivity index (χ3n) is 13.0. The number of halogens is 2. The zero-order chi connectivity index (χ0) is 44.4. The summed E-state index contributed by atoms with van der Waals surface area (Å²) < 4.78 is 38.0. The van der Waals surface area contributed by atoms with Crippen molar-refractivity contribution >= 4 is 45.6 Å². The number of rotatable bonds is 14. The number of fused-ring (bicyclic) bond motifs is 4. The number of aromatic nitrogens is 3. The highest BCUT2D eigenvalue weighted by atomic mass is 19.1. The van der Waals surface area contributed by atoms with Gasteiger partial charge in [-0.15, -0.1) is 6.42 Å². The molecular weight excluding hydrogens is 809 g/mol. The molecule has 2 bridgehead atoms. The standard InChI is InChI=1S/C47H57F2N9O5/c1-5-34-37(48)14-11-29-23-33(60)24-35(39(29)34)41-40(49)42-36(25-50-41)44(57-26-30-12-13-31(27-57)51-30)54-46(53-42)63-22-8-16-56-20-18-55(19-21-56)15-7-10-38(61)52-43(47(2,3)4)45(62)58-17-6-9-32(58)28-59/h1,11,14,23-25,28,30-32,43,51,60H,6-10,12-13,15-22,26-27H2,2-4H3,(H,52,61)/t30?,31?,32-,43?/m0/s1. The van der Waals surface area contributed by atoms with Gasteiger partial charge >= 0.3 is 6.01 Å². The Hall–Kier alpha value is -5.50. The number of carbonyl (C=O) groups excluding carboxylic acids is 3. The maximum Gasteiger partial charge on any atom is 0.319 e. The van der Waals surface area contributed by atoms with Crippen LogP contribution in [-0.2, 0) is 14.4 Å². The molecule has 8 rings (SSSR count). The van der Waals surface area contributed by atoms with Crippen molar-refractivity contribution in [2.24, 2.45) is 5.41 Å². The number of aromatic hydroxyl groups is 1. The summed E-state index contributed by atoms with van der Waals surface area (Å²) in [4.78, 5) is 60.3. The normalized spacial score (nSPS) is 21.2. The Labute approximate surface area is 366 Å². The number of terminal acetylenes is 1. The third-order valence-corrected chi connectivity index (χ3v) is 13.0. The number of aldehydes is 1. The van der Waals surface area contributed by atoms with Gasteiger partial charge in [0.1, 0.15) is 40.9 Å². The number of nitrogens with zero attached hydrogens (tertiary/aromatic N) is 7. The van der Waals surface area contributed by atoms with Crippen molar-refractivity contribution in [1.82, 2.24) is 40.3 Å². The Morgan fingerprint density at radius 2 is 1.75 bits per heavy atom. The summed E-state index contributed by atoms with van der Waals surface area (Å²) in [5, 5.41) is 18.3. The molecule has 0 aliphatic carbocycles. The van der Waals surface area contributed by atoms with E-state index >= 15 is 4.39 Å². The van der Waals surface area contributed by atoms with E-state index in [2.05, 4.69) is 41.2 Å². The van der Waals surface area contributed by atoms with Crippen molar-refractivity contribution in [2.75, 3.05) is 70.4 Å². The number of piperazine rings is 2. The molecule has 334 valence electrons. The minimum Gasteiger partial charge on any atom is -0.508 e. The second-order valence-electron chi connectivity index (χ2n) is 18.4. The number of hydrogen-bond donors (Lipinski definition) is 3. The molecule has 4 aliphatic heterocycles. The predicted octanol–water partition coefficient (Wildman–Crippen LogP) is 4.64. The fraction of sp³-hybridized carbons (Fsp3) is 0.532. The first-order chi connectivity index (χ1) is 30.3. The molecule has 14 nitrogen and oxygen atoms in total. The molecule has 0 spiro atoms. The van der Waals surface area contributed by atoms with Crippen LogP contribution in [0, 0.1) is 29.4 Å². The van der Waals surface area contributed by atoms with Crippen molar-refractivity contribution in [3.8, 4) is 35.4 Å². The molecule has 63 heavy (non-hydrogen) atoms. The number of anilines is 1. The third kappa shape index (κ3) is 9.56. The Kier molecular flexibility index (Phi) is 13.1. The van der Waals surface area contributed by atoms with Crippen LogP contribution < -0.4 is 20.3 Å². The number of pyridine rings is 1. The number of benzene rings is 2. The minimum atomic E-state index is -0.757. The van der Waals surface area contributed by atoms with Crippen molar-refractivity contribution in [1.29, 1.82) is 0 Å². The molecule has 4 fully saturated rings. The Morgan fingerprint density at radius 3 is 2.43 bits per heavy atom. The summed E-state index contributed by atoms with van der Waals surface area (Å²) in [5.74, 6) is 1.03. The molecule has 4 saturated heterocycles. The second-order valence-corrected chi connectivity index (χ2v) is 18.4. The first-order valence-corrected chi connectivity index (χ1v) is 22.2. The molecule has 3 unspecified atom stereocenters. The highest BCUT2D eigenvalue weighted by Crippen LogP contribution is 2.39. The zero-order valence-electron chi connectivity index (χ0n) is 36.3. The Bertz CT molecular complexity index is 2400. The van der Waals surface area contributed by atoms with Gasteiger partial charge in [-0.3, -0.25) is 14.6 Å². The maximum absolute atomic E-state index is 16.9. The van der Waals surface area contributed by atoms with Gasteiger partial charge in [0.05, 0.1) is 23.6 Å². The summed E-state index contributed by atoms with van der Waals surface area (Å²) in [7, 11) is 0. The summed E-state index contributed by atoms with van der Waals surface area (Å²) in [5.41, 5.74) is -0.523. The van der Waals surface area contributed by atoms with Crippen molar-refractivity contribution in [3.63, 3.8) is 0 Å². The minimum absolute atomic E-state index is 0.00644. The molecule has 4 aromatic rings. The van der Waals surface area contributed by atoms with Gasteiger partial charge in [-0.2, -0.15) is 9.97 Å². The maximum atomic E-state index is 16.9. The van der Waals surface area contributed by atoms with Crippen molar-refractivity contribution < 1.29 is 33.0 Å².